The Bertz CT molecular complexity index is 1010. The largest absolute Gasteiger partial charge is 0.353 e. The van der Waals surface area contributed by atoms with Gasteiger partial charge >= 0.3 is 0 Å². The fourth-order valence-corrected chi connectivity index (χ4v) is 3.56. The number of aromatic nitrogens is 4. The van der Waals surface area contributed by atoms with E-state index in [4.69, 9.17) is 5.10 Å². The van der Waals surface area contributed by atoms with E-state index in [1.807, 2.05) is 16.6 Å². The van der Waals surface area contributed by atoms with E-state index in [1.54, 1.807) is 12.1 Å². The van der Waals surface area contributed by atoms with Crippen LogP contribution in [0.3, 0.4) is 0 Å². The van der Waals surface area contributed by atoms with Crippen LogP contribution in [0.1, 0.15) is 41.4 Å². The maximum absolute atomic E-state index is 13.8. The van der Waals surface area contributed by atoms with Crippen molar-refractivity contribution in [1.29, 1.82) is 0 Å². The van der Waals surface area contributed by atoms with Gasteiger partial charge in [0.2, 0.25) is 0 Å². The second-order valence-corrected chi connectivity index (χ2v) is 7.18. The third-order valence-corrected chi connectivity index (χ3v) is 5.18. The highest BCUT2D eigenvalue weighted by molar-refractivity contribution is 5.94. The quantitative estimate of drug-likeness (QED) is 0.766. The van der Waals surface area contributed by atoms with Crippen LogP contribution in [-0.4, -0.2) is 44.8 Å². The lowest BCUT2D eigenvalue weighted by Crippen LogP contribution is -2.37. The van der Waals surface area contributed by atoms with Gasteiger partial charge in [0.15, 0.2) is 11.5 Å². The number of benzene rings is 1. The number of nitrogens with zero attached hydrogens (tertiary/aromatic N) is 5. The van der Waals surface area contributed by atoms with Gasteiger partial charge in [0.05, 0.1) is 5.56 Å². The van der Waals surface area contributed by atoms with E-state index in [9.17, 15) is 9.18 Å². The van der Waals surface area contributed by atoms with Crippen LogP contribution in [0.15, 0.2) is 36.4 Å². The van der Waals surface area contributed by atoms with Crippen molar-refractivity contribution < 1.29 is 9.18 Å². The Morgan fingerprint density at radius 1 is 1.11 bits per heavy atom. The van der Waals surface area contributed by atoms with Crippen LogP contribution in [0.4, 0.5) is 10.2 Å². The number of fused-ring (bicyclic) bond motifs is 1. The van der Waals surface area contributed by atoms with Crippen molar-refractivity contribution in [1.82, 2.24) is 25.1 Å². The lowest BCUT2D eigenvalue weighted by molar-refractivity contribution is 0.0936. The van der Waals surface area contributed by atoms with E-state index in [0.717, 1.165) is 43.1 Å². The summed E-state index contributed by atoms with van der Waals surface area (Å²) in [6.45, 7) is 1.42. The molecule has 0 bridgehead atoms. The van der Waals surface area contributed by atoms with Gasteiger partial charge < -0.3 is 10.2 Å². The molecule has 0 radical (unpaired) electrons. The average molecular weight is 366 g/mol. The minimum atomic E-state index is -0.503. The molecule has 1 aliphatic heterocycles. The van der Waals surface area contributed by atoms with Crippen LogP contribution in [0, 0.1) is 5.82 Å². The van der Waals surface area contributed by atoms with Gasteiger partial charge in [0, 0.05) is 25.0 Å². The summed E-state index contributed by atoms with van der Waals surface area (Å²) in [5, 5.41) is 16.1. The topological polar surface area (TPSA) is 75.4 Å². The van der Waals surface area contributed by atoms with Crippen LogP contribution in [0.25, 0.3) is 5.65 Å². The molecule has 8 heteroatoms. The van der Waals surface area contributed by atoms with Crippen molar-refractivity contribution >= 4 is 17.4 Å². The maximum atomic E-state index is 13.8. The highest BCUT2D eigenvalue weighted by Crippen LogP contribution is 2.38. The van der Waals surface area contributed by atoms with Crippen LogP contribution in [0.2, 0.25) is 0 Å². The second-order valence-electron chi connectivity index (χ2n) is 7.18. The predicted octanol–water partition coefficient (Wildman–Crippen LogP) is 2.15. The highest BCUT2D eigenvalue weighted by atomic mass is 19.1. The van der Waals surface area contributed by atoms with Gasteiger partial charge in [-0.15, -0.1) is 15.3 Å². The molecule has 1 saturated heterocycles. The SMILES string of the molecule is O=C(NC1CCN(c2ccc3nnc(C4CC4)n3n2)C1)c1ccccc1F. The lowest BCUT2D eigenvalue weighted by atomic mass is 10.1. The fourth-order valence-electron chi connectivity index (χ4n) is 3.56. The molecule has 2 fully saturated rings. The zero-order valence-corrected chi connectivity index (χ0v) is 14.7. The van der Waals surface area contributed by atoms with E-state index >= 15 is 0 Å². The highest BCUT2D eigenvalue weighted by Gasteiger charge is 2.30. The number of amides is 1. The Labute approximate surface area is 155 Å². The first-order chi connectivity index (χ1) is 13.2. The molecule has 5 rings (SSSR count). The molecular formula is C19H19FN6O. The molecule has 1 unspecified atom stereocenters. The minimum Gasteiger partial charge on any atom is -0.353 e. The smallest absolute Gasteiger partial charge is 0.254 e. The van der Waals surface area contributed by atoms with Gasteiger partial charge in [0.25, 0.3) is 5.91 Å². The zero-order valence-electron chi connectivity index (χ0n) is 14.7. The van der Waals surface area contributed by atoms with E-state index in [2.05, 4.69) is 20.4 Å². The van der Waals surface area contributed by atoms with Crippen LogP contribution >= 0.6 is 0 Å². The van der Waals surface area contributed by atoms with Crippen molar-refractivity contribution in [3.8, 4) is 0 Å². The Kier molecular flexibility index (Phi) is 3.77. The summed E-state index contributed by atoms with van der Waals surface area (Å²) in [6.07, 6.45) is 3.07. The van der Waals surface area contributed by atoms with Gasteiger partial charge in [-0.2, -0.15) is 4.52 Å². The summed E-state index contributed by atoms with van der Waals surface area (Å²) in [4.78, 5) is 14.5. The van der Waals surface area contributed by atoms with Gasteiger partial charge in [-0.25, -0.2) is 4.39 Å². The standard InChI is InChI=1S/C19H19FN6O/c20-15-4-2-1-3-14(15)19(27)21-13-9-10-25(11-13)17-8-7-16-22-23-18(12-5-6-12)26(16)24-17/h1-4,7-8,12-13H,5-6,9-11H2,(H,21,27). The molecule has 1 aromatic carbocycles. The molecule has 1 atom stereocenters. The van der Waals surface area contributed by atoms with Crippen molar-refractivity contribution in [2.45, 2.75) is 31.2 Å². The summed E-state index contributed by atoms with van der Waals surface area (Å²) in [7, 11) is 0. The molecule has 0 spiro atoms. The third kappa shape index (κ3) is 3.01. The molecular weight excluding hydrogens is 347 g/mol. The molecule has 7 nitrogen and oxygen atoms in total. The van der Waals surface area contributed by atoms with Gasteiger partial charge in [-0.1, -0.05) is 12.1 Å². The van der Waals surface area contributed by atoms with E-state index in [1.165, 1.54) is 12.1 Å². The zero-order chi connectivity index (χ0) is 18.4. The van der Waals surface area contributed by atoms with E-state index < -0.39 is 5.82 Å². The number of hydrogen-bond acceptors (Lipinski definition) is 5. The molecule has 1 N–H and O–H groups in total. The Balaban J connectivity index is 1.30. The fraction of sp³-hybridized carbons (Fsp3) is 0.368. The van der Waals surface area contributed by atoms with Crippen molar-refractivity contribution in [2.24, 2.45) is 0 Å². The first-order valence-corrected chi connectivity index (χ1v) is 9.22. The Hall–Kier alpha value is -3.03. The average Bonchev–Trinajstić information content (AvgIpc) is 3.26. The number of nitrogens with one attached hydrogen (secondary N) is 1. The van der Waals surface area contributed by atoms with Crippen molar-refractivity contribution in [3.05, 3.63) is 53.6 Å². The normalized spacial score (nSPS) is 19.6. The molecule has 1 saturated carbocycles. The second kappa shape index (κ2) is 6.29. The maximum Gasteiger partial charge on any atom is 0.254 e. The molecule has 2 aromatic heterocycles. The Morgan fingerprint density at radius 3 is 2.78 bits per heavy atom. The number of rotatable bonds is 4. The third-order valence-electron chi connectivity index (χ3n) is 5.18. The predicted molar refractivity (Wildman–Crippen MR) is 97.2 cm³/mol. The van der Waals surface area contributed by atoms with E-state index in [0.29, 0.717) is 12.5 Å². The first-order valence-electron chi connectivity index (χ1n) is 9.22. The van der Waals surface area contributed by atoms with Gasteiger partial charge in [0.1, 0.15) is 11.6 Å². The van der Waals surface area contributed by atoms with Crippen molar-refractivity contribution in [3.63, 3.8) is 0 Å². The van der Waals surface area contributed by atoms with Crippen molar-refractivity contribution in [2.75, 3.05) is 18.0 Å². The number of hydrogen-bond donors (Lipinski definition) is 1. The number of anilines is 1. The molecule has 3 aromatic rings. The minimum absolute atomic E-state index is 0.0431. The first kappa shape index (κ1) is 16.2. The van der Waals surface area contributed by atoms with Crippen LogP contribution in [0.5, 0.6) is 0 Å². The molecule has 138 valence electrons. The Morgan fingerprint density at radius 2 is 1.96 bits per heavy atom. The summed E-state index contributed by atoms with van der Waals surface area (Å²) in [5.41, 5.74) is 0.832. The number of carbonyl (C=O) groups excluding carboxylic acids is 1. The molecule has 3 heterocycles. The van der Waals surface area contributed by atoms with E-state index in [-0.39, 0.29) is 17.5 Å². The monoisotopic (exact) mass is 366 g/mol. The molecule has 1 amide bonds. The van der Waals surface area contributed by atoms with Gasteiger partial charge in [-0.3, -0.25) is 4.79 Å². The molecule has 1 aliphatic carbocycles. The number of halogens is 1. The number of carbonyl (C=O) groups is 1. The molecule has 27 heavy (non-hydrogen) atoms. The lowest BCUT2D eigenvalue weighted by Gasteiger charge is -2.18. The van der Waals surface area contributed by atoms with Crippen LogP contribution in [-0.2, 0) is 0 Å². The summed E-state index contributed by atoms with van der Waals surface area (Å²) in [5.74, 6) is 1.35. The molecule has 2 aliphatic rings. The summed E-state index contributed by atoms with van der Waals surface area (Å²) >= 11 is 0. The summed E-state index contributed by atoms with van der Waals surface area (Å²) < 4.78 is 15.6. The summed E-state index contributed by atoms with van der Waals surface area (Å²) in [6, 6.07) is 9.84. The van der Waals surface area contributed by atoms with Crippen LogP contribution < -0.4 is 10.2 Å². The van der Waals surface area contributed by atoms with Gasteiger partial charge in [-0.05, 0) is 43.5 Å².